The number of carbonyl (C=O) groups is 2. The van der Waals surface area contributed by atoms with Gasteiger partial charge in [0.15, 0.2) is 55.1 Å². The molecule has 2 aliphatic heterocycles. The molecule has 1 unspecified atom stereocenters. The standard InChI is InChI=1S/C39H50FN12O11PSSi/c1-20(2)33(55)47-38-46-32-26(35(57)48-38)44-19-51(32)37-27(54)29(63-66(6,7)39(3,4)5)23(61-37)17-59-64(65,58-15-11-14-41)62-28-22(16-53)60-36(24(28)40)52-31-25(49-50-52)30(42-18-43-31)45-34(56)21-12-9-8-10-13-21/h8-10,12-13,18-20,22-24,27-29,36-37,53-54H,11,15-17H2,1-7H3,(H,42,43,45,56)(H2,46,47,48,55,57)/t22-,23-,24+,27+,28-,29-,36-,37-,64?/m1/s1. The number of aliphatic hydroxyl groups excluding tert-OH is 2. The summed E-state index contributed by atoms with van der Waals surface area (Å²) in [6.45, 7) is 7.69. The summed E-state index contributed by atoms with van der Waals surface area (Å²) in [5, 5.41) is 44.8. The number of hydrogen-bond donors (Lipinski definition) is 5. The molecule has 66 heavy (non-hydrogen) atoms. The van der Waals surface area contributed by atoms with E-state index in [9.17, 15) is 29.9 Å². The van der Waals surface area contributed by atoms with Gasteiger partial charge in [0.2, 0.25) is 11.9 Å². The summed E-state index contributed by atoms with van der Waals surface area (Å²) in [5.74, 6) is -1.46. The number of hydrogen-bond acceptors (Lipinski definition) is 19. The fourth-order valence-corrected chi connectivity index (χ4v) is 10.2. The van der Waals surface area contributed by atoms with E-state index < -0.39 is 101 Å². The van der Waals surface area contributed by atoms with Crippen molar-refractivity contribution in [3.8, 4) is 6.07 Å². The second-order valence-electron chi connectivity index (χ2n) is 17.3. The van der Waals surface area contributed by atoms with Crippen molar-refractivity contribution in [2.45, 2.75) is 108 Å². The summed E-state index contributed by atoms with van der Waals surface area (Å²) >= 11 is 5.83. The maximum Gasteiger partial charge on any atom is 0.327 e. The zero-order valence-electron chi connectivity index (χ0n) is 36.9. The van der Waals surface area contributed by atoms with Crippen molar-refractivity contribution in [2.24, 2.45) is 5.92 Å². The summed E-state index contributed by atoms with van der Waals surface area (Å²) in [7, 11) is -2.69. The number of halogens is 1. The first-order valence-corrected chi connectivity index (χ1v) is 26.3. The van der Waals surface area contributed by atoms with Crippen LogP contribution in [0.1, 0.15) is 63.9 Å². The number of carbonyl (C=O) groups excluding carboxylic acids is 2. The van der Waals surface area contributed by atoms with Gasteiger partial charge in [0.05, 0.1) is 38.6 Å². The molecule has 0 aliphatic carbocycles. The third-order valence-corrected chi connectivity index (χ3v) is 18.2. The first kappa shape index (κ1) is 48.9. The van der Waals surface area contributed by atoms with E-state index in [4.69, 9.17) is 39.3 Å². The Morgan fingerprint density at radius 2 is 1.79 bits per heavy atom. The van der Waals surface area contributed by atoms with Gasteiger partial charge in [-0.2, -0.15) is 14.9 Å². The van der Waals surface area contributed by atoms with Gasteiger partial charge in [0, 0.05) is 11.5 Å². The number of ether oxygens (including phenoxy) is 2. The number of H-pyrrole nitrogens is 1. The Kier molecular flexibility index (Phi) is 14.6. The number of alkyl halides is 1. The lowest BCUT2D eigenvalue weighted by Gasteiger charge is -2.40. The van der Waals surface area contributed by atoms with E-state index in [1.54, 1.807) is 44.2 Å². The van der Waals surface area contributed by atoms with E-state index in [-0.39, 0.29) is 52.2 Å². The van der Waals surface area contributed by atoms with Gasteiger partial charge in [-0.15, -0.1) is 5.10 Å². The number of imidazole rings is 1. The molecule has 27 heteroatoms. The number of fused-ring (bicyclic) bond motifs is 2. The fourth-order valence-electron chi connectivity index (χ4n) is 6.75. The van der Waals surface area contributed by atoms with Crippen LogP contribution in [0.2, 0.25) is 18.1 Å². The largest absolute Gasteiger partial charge is 0.408 e. The lowest BCUT2D eigenvalue weighted by atomic mass is 10.1. The minimum Gasteiger partial charge on any atom is -0.408 e. The first-order chi connectivity index (χ1) is 31.3. The second kappa shape index (κ2) is 19.7. The van der Waals surface area contributed by atoms with Crippen LogP contribution in [0.15, 0.2) is 47.8 Å². The molecule has 2 saturated heterocycles. The number of aliphatic hydroxyl groups is 2. The molecule has 2 aliphatic rings. The number of nitriles is 1. The molecule has 0 spiro atoms. The molecule has 6 heterocycles. The van der Waals surface area contributed by atoms with Crippen molar-refractivity contribution in [1.82, 2.24) is 44.5 Å². The molecule has 0 bridgehead atoms. The molecule has 0 radical (unpaired) electrons. The number of nitrogens with zero attached hydrogens (tertiary/aromatic N) is 9. The highest BCUT2D eigenvalue weighted by Gasteiger charge is 2.53. The molecule has 5 N–H and O–H groups in total. The zero-order chi connectivity index (χ0) is 47.7. The second-order valence-corrected chi connectivity index (χ2v) is 25.0. The molecule has 5 aromatic rings. The van der Waals surface area contributed by atoms with Crippen LogP contribution in [0, 0.1) is 17.2 Å². The molecular weight excluding hydrogens is 923 g/mol. The predicted molar refractivity (Wildman–Crippen MR) is 238 cm³/mol. The average Bonchev–Trinajstić information content (AvgIpc) is 4.04. The molecule has 0 saturated carbocycles. The highest BCUT2D eigenvalue weighted by atomic mass is 32.5. The number of amides is 2. The lowest BCUT2D eigenvalue weighted by molar-refractivity contribution is -0.118. The van der Waals surface area contributed by atoms with Gasteiger partial charge in [-0.25, -0.2) is 19.3 Å². The molecule has 7 rings (SSSR count). The Hall–Kier alpha value is -5.04. The van der Waals surface area contributed by atoms with E-state index in [1.807, 2.05) is 39.9 Å². The Morgan fingerprint density at radius 1 is 1.06 bits per heavy atom. The highest BCUT2D eigenvalue weighted by Crippen LogP contribution is 2.55. The van der Waals surface area contributed by atoms with E-state index >= 15 is 4.39 Å². The van der Waals surface area contributed by atoms with Crippen molar-refractivity contribution in [1.29, 1.82) is 5.26 Å². The summed E-state index contributed by atoms with van der Waals surface area (Å²) in [4.78, 5) is 57.9. The Balaban J connectivity index is 1.15. The molecule has 9 atom stereocenters. The summed E-state index contributed by atoms with van der Waals surface area (Å²) < 4.78 is 56.5. The van der Waals surface area contributed by atoms with Gasteiger partial charge >= 0.3 is 6.72 Å². The molecule has 23 nitrogen and oxygen atoms in total. The normalized spacial score (nSPS) is 24.5. The molecular formula is C39H50FN12O11PSSi. The summed E-state index contributed by atoms with van der Waals surface area (Å²) in [5.41, 5.74) is -0.406. The van der Waals surface area contributed by atoms with Gasteiger partial charge in [0.25, 0.3) is 11.5 Å². The smallest absolute Gasteiger partial charge is 0.327 e. The summed E-state index contributed by atoms with van der Waals surface area (Å²) in [6, 6.07) is 10.3. The number of nitrogens with one attached hydrogen (secondary N) is 3. The van der Waals surface area contributed by atoms with Gasteiger partial charge in [-0.05, 0) is 42.1 Å². The van der Waals surface area contributed by atoms with Crippen LogP contribution in [-0.4, -0.2) is 131 Å². The first-order valence-electron chi connectivity index (χ1n) is 20.8. The molecule has 354 valence electrons. The van der Waals surface area contributed by atoms with Crippen LogP contribution in [0.3, 0.4) is 0 Å². The maximum absolute atomic E-state index is 16.8. The van der Waals surface area contributed by atoms with Crippen LogP contribution >= 0.6 is 6.72 Å². The fraction of sp³-hybridized carbons (Fsp3) is 0.538. The topological polar surface area (TPSA) is 298 Å². The zero-order valence-corrected chi connectivity index (χ0v) is 39.6. The Bertz CT molecular complexity index is 2720. The van der Waals surface area contributed by atoms with Crippen LogP contribution in [0.5, 0.6) is 0 Å². The van der Waals surface area contributed by atoms with Crippen LogP contribution < -0.4 is 16.2 Å². The predicted octanol–water partition coefficient (Wildman–Crippen LogP) is 3.63. The minimum absolute atomic E-state index is 0.00169. The Morgan fingerprint density at radius 3 is 2.47 bits per heavy atom. The van der Waals surface area contributed by atoms with Crippen molar-refractivity contribution in [2.75, 3.05) is 30.5 Å². The van der Waals surface area contributed by atoms with Gasteiger partial charge in [-0.3, -0.25) is 33.8 Å². The highest BCUT2D eigenvalue weighted by molar-refractivity contribution is 8.07. The number of aromatic amines is 1. The van der Waals surface area contributed by atoms with Crippen molar-refractivity contribution < 1.29 is 51.7 Å². The number of benzene rings is 1. The Labute approximate surface area is 382 Å². The molecule has 2 fully saturated rings. The van der Waals surface area contributed by atoms with Crippen molar-refractivity contribution in [3.05, 3.63) is 58.9 Å². The van der Waals surface area contributed by atoms with E-state index in [1.165, 1.54) is 10.9 Å². The number of rotatable bonds is 17. The maximum atomic E-state index is 16.8. The average molecular weight is 973 g/mol. The van der Waals surface area contributed by atoms with Crippen LogP contribution in [0.4, 0.5) is 16.2 Å². The van der Waals surface area contributed by atoms with E-state index in [0.717, 1.165) is 11.0 Å². The van der Waals surface area contributed by atoms with E-state index in [0.29, 0.717) is 5.56 Å². The van der Waals surface area contributed by atoms with Crippen LogP contribution in [0.25, 0.3) is 22.3 Å². The van der Waals surface area contributed by atoms with E-state index in [2.05, 4.69) is 45.9 Å². The number of anilines is 2. The van der Waals surface area contributed by atoms with Crippen molar-refractivity contribution >= 4 is 72.8 Å². The molecule has 1 aromatic carbocycles. The van der Waals surface area contributed by atoms with Gasteiger partial charge < -0.3 is 38.5 Å². The SMILES string of the molecule is CC(C)C(=O)Nc1nc2c(ncn2[C@@H]2O[C@H](COP(=S)(OCCC#N)O[C@H]3[C@H](F)[C@H](n4nnc5c(NC(=O)c6ccccc6)ncnc54)O[C@@H]3CO)[C@@H](O[Si](C)(C)C(C)(C)C)[C@@H]2O)c(=O)[nH]1. The third kappa shape index (κ3) is 10.1. The lowest BCUT2D eigenvalue weighted by Crippen LogP contribution is -2.49. The molecule has 4 aromatic heterocycles. The van der Waals surface area contributed by atoms with Crippen molar-refractivity contribution in [3.63, 3.8) is 0 Å². The quantitative estimate of drug-likeness (QED) is 0.0505. The molecule has 2 amide bonds. The van der Waals surface area contributed by atoms with Crippen LogP contribution in [-0.2, 0) is 44.1 Å². The van der Waals surface area contributed by atoms with Gasteiger partial charge in [-0.1, -0.05) is 58.0 Å². The monoisotopic (exact) mass is 972 g/mol. The van der Waals surface area contributed by atoms with Gasteiger partial charge in [0.1, 0.15) is 36.8 Å². The summed E-state index contributed by atoms with van der Waals surface area (Å²) in [6.07, 6.45) is -9.38. The third-order valence-electron chi connectivity index (χ3n) is 11.3. The minimum atomic E-state index is -4.12. The number of aromatic nitrogens is 9.